The van der Waals surface area contributed by atoms with Crippen LogP contribution in [0.4, 0.5) is 5.95 Å². The van der Waals surface area contributed by atoms with E-state index in [1.54, 1.807) is 0 Å². The zero-order valence-corrected chi connectivity index (χ0v) is 9.40. The number of hydrogen-bond acceptors (Lipinski definition) is 2. The van der Waals surface area contributed by atoms with E-state index in [0.717, 1.165) is 5.69 Å². The third-order valence-electron chi connectivity index (χ3n) is 3.42. The molecular formula is C13H15N3. The van der Waals surface area contributed by atoms with Gasteiger partial charge in [0.15, 0.2) is 5.95 Å². The van der Waals surface area contributed by atoms with Crippen molar-refractivity contribution in [1.29, 1.82) is 0 Å². The van der Waals surface area contributed by atoms with E-state index in [-0.39, 0.29) is 0 Å². The number of anilines is 1. The van der Waals surface area contributed by atoms with Crippen LogP contribution in [0, 0.1) is 0 Å². The Bertz CT molecular complexity index is 540. The van der Waals surface area contributed by atoms with Crippen LogP contribution in [0.1, 0.15) is 17.5 Å². The lowest BCUT2D eigenvalue weighted by molar-refractivity contribution is 0.911. The van der Waals surface area contributed by atoms with E-state index in [9.17, 15) is 0 Å². The van der Waals surface area contributed by atoms with Gasteiger partial charge in [-0.3, -0.25) is 0 Å². The maximum Gasteiger partial charge on any atom is 0.200 e. The van der Waals surface area contributed by atoms with E-state index in [1.165, 1.54) is 36.0 Å². The molecule has 0 bridgehead atoms. The lowest BCUT2D eigenvalue weighted by Gasteiger charge is -2.06. The molecule has 1 aromatic carbocycles. The predicted molar refractivity (Wildman–Crippen MR) is 65.1 cm³/mol. The monoisotopic (exact) mass is 213 g/mol. The molecule has 2 aromatic rings. The van der Waals surface area contributed by atoms with Gasteiger partial charge in [-0.05, 0) is 36.5 Å². The van der Waals surface area contributed by atoms with Crippen LogP contribution in [0.15, 0.2) is 24.4 Å². The molecule has 16 heavy (non-hydrogen) atoms. The van der Waals surface area contributed by atoms with E-state index in [2.05, 4.69) is 23.2 Å². The summed E-state index contributed by atoms with van der Waals surface area (Å²) in [6.07, 6.45) is 5.55. The topological polar surface area (TPSA) is 43.8 Å². The maximum absolute atomic E-state index is 5.74. The Morgan fingerprint density at radius 3 is 2.81 bits per heavy atom. The summed E-state index contributed by atoms with van der Waals surface area (Å²) in [5.74, 6) is 0.565. The van der Waals surface area contributed by atoms with Crippen molar-refractivity contribution in [3.63, 3.8) is 0 Å². The number of rotatable bonds is 1. The summed E-state index contributed by atoms with van der Waals surface area (Å²) >= 11 is 0. The molecule has 0 saturated heterocycles. The average Bonchev–Trinajstić information content (AvgIpc) is 2.86. The van der Waals surface area contributed by atoms with E-state index in [0.29, 0.717) is 5.95 Å². The normalized spacial score (nSPS) is 14.1. The predicted octanol–water partition coefficient (Wildman–Crippen LogP) is 2.16. The summed E-state index contributed by atoms with van der Waals surface area (Å²) in [7, 11) is 1.95. The summed E-state index contributed by atoms with van der Waals surface area (Å²) in [6, 6.07) is 6.68. The van der Waals surface area contributed by atoms with Gasteiger partial charge in [0.05, 0.1) is 11.9 Å². The minimum atomic E-state index is 0.565. The quantitative estimate of drug-likeness (QED) is 0.788. The first-order valence-corrected chi connectivity index (χ1v) is 5.65. The zero-order chi connectivity index (χ0) is 11.1. The van der Waals surface area contributed by atoms with Crippen molar-refractivity contribution in [2.75, 3.05) is 5.73 Å². The Morgan fingerprint density at radius 1 is 1.25 bits per heavy atom. The summed E-state index contributed by atoms with van der Waals surface area (Å²) in [4.78, 5) is 4.13. The van der Waals surface area contributed by atoms with Crippen molar-refractivity contribution in [3.05, 3.63) is 35.5 Å². The molecule has 0 spiro atoms. The summed E-state index contributed by atoms with van der Waals surface area (Å²) in [5, 5.41) is 0. The molecule has 3 rings (SSSR count). The number of benzene rings is 1. The Balaban J connectivity index is 2.10. The van der Waals surface area contributed by atoms with Gasteiger partial charge < -0.3 is 10.3 Å². The van der Waals surface area contributed by atoms with Gasteiger partial charge >= 0.3 is 0 Å². The van der Waals surface area contributed by atoms with Crippen molar-refractivity contribution in [2.24, 2.45) is 7.05 Å². The van der Waals surface area contributed by atoms with Crippen molar-refractivity contribution in [1.82, 2.24) is 9.55 Å². The van der Waals surface area contributed by atoms with Crippen LogP contribution in [0.3, 0.4) is 0 Å². The molecule has 2 N–H and O–H groups in total. The van der Waals surface area contributed by atoms with Crippen molar-refractivity contribution in [2.45, 2.75) is 19.3 Å². The number of nitrogens with two attached hydrogens (primary N) is 1. The van der Waals surface area contributed by atoms with Crippen LogP contribution in [0.2, 0.25) is 0 Å². The molecular weight excluding hydrogens is 198 g/mol. The van der Waals surface area contributed by atoms with Gasteiger partial charge in [-0.1, -0.05) is 12.1 Å². The second-order valence-corrected chi connectivity index (χ2v) is 4.40. The molecule has 0 amide bonds. The van der Waals surface area contributed by atoms with Crippen LogP contribution in [0.25, 0.3) is 11.3 Å². The van der Waals surface area contributed by atoms with Gasteiger partial charge in [0, 0.05) is 12.6 Å². The summed E-state index contributed by atoms with van der Waals surface area (Å²) < 4.78 is 1.93. The standard InChI is InChI=1S/C13H15N3/c1-16-12(8-15-13(16)14)11-6-5-9-3-2-4-10(9)7-11/h5-8H,2-4H2,1H3,(H2,14,15). The lowest BCUT2D eigenvalue weighted by atomic mass is 10.0. The highest BCUT2D eigenvalue weighted by Gasteiger charge is 2.13. The Morgan fingerprint density at radius 2 is 2.06 bits per heavy atom. The molecule has 1 aliphatic rings. The first kappa shape index (κ1) is 9.46. The molecule has 0 saturated carbocycles. The Kier molecular flexibility index (Phi) is 1.99. The molecule has 0 unspecified atom stereocenters. The third-order valence-corrected chi connectivity index (χ3v) is 3.42. The van der Waals surface area contributed by atoms with E-state index < -0.39 is 0 Å². The van der Waals surface area contributed by atoms with Crippen LogP contribution in [-0.4, -0.2) is 9.55 Å². The fourth-order valence-electron chi connectivity index (χ4n) is 2.42. The van der Waals surface area contributed by atoms with Gasteiger partial charge in [0.1, 0.15) is 0 Å². The van der Waals surface area contributed by atoms with Gasteiger partial charge in [0.25, 0.3) is 0 Å². The zero-order valence-electron chi connectivity index (χ0n) is 9.40. The molecule has 3 heteroatoms. The van der Waals surface area contributed by atoms with E-state index in [4.69, 9.17) is 5.73 Å². The maximum atomic E-state index is 5.74. The van der Waals surface area contributed by atoms with E-state index >= 15 is 0 Å². The van der Waals surface area contributed by atoms with Gasteiger partial charge in [-0.2, -0.15) is 0 Å². The minimum Gasteiger partial charge on any atom is -0.369 e. The molecule has 1 aliphatic carbocycles. The highest BCUT2D eigenvalue weighted by molar-refractivity contribution is 5.63. The number of nitrogen functional groups attached to an aromatic ring is 1. The molecule has 0 radical (unpaired) electrons. The molecule has 0 fully saturated rings. The number of imidazole rings is 1. The van der Waals surface area contributed by atoms with Gasteiger partial charge in [-0.15, -0.1) is 0 Å². The van der Waals surface area contributed by atoms with Crippen LogP contribution in [-0.2, 0) is 19.9 Å². The molecule has 3 nitrogen and oxygen atoms in total. The van der Waals surface area contributed by atoms with Gasteiger partial charge in [-0.25, -0.2) is 4.98 Å². The highest BCUT2D eigenvalue weighted by Crippen LogP contribution is 2.28. The number of nitrogens with zero attached hydrogens (tertiary/aromatic N) is 2. The van der Waals surface area contributed by atoms with Crippen LogP contribution < -0.4 is 5.73 Å². The van der Waals surface area contributed by atoms with E-state index in [1.807, 2.05) is 17.8 Å². The third kappa shape index (κ3) is 1.32. The summed E-state index contributed by atoms with van der Waals surface area (Å²) in [6.45, 7) is 0. The smallest absolute Gasteiger partial charge is 0.200 e. The average molecular weight is 213 g/mol. The number of aryl methyl sites for hydroxylation is 2. The van der Waals surface area contributed by atoms with Crippen molar-refractivity contribution < 1.29 is 0 Å². The second-order valence-electron chi connectivity index (χ2n) is 4.40. The Hall–Kier alpha value is -1.77. The first-order chi connectivity index (χ1) is 7.75. The van der Waals surface area contributed by atoms with Crippen LogP contribution in [0.5, 0.6) is 0 Å². The fraction of sp³-hybridized carbons (Fsp3) is 0.308. The van der Waals surface area contributed by atoms with Crippen molar-refractivity contribution >= 4 is 5.95 Å². The largest absolute Gasteiger partial charge is 0.369 e. The number of aromatic nitrogens is 2. The number of hydrogen-bond donors (Lipinski definition) is 1. The van der Waals surface area contributed by atoms with Crippen LogP contribution >= 0.6 is 0 Å². The number of fused-ring (bicyclic) bond motifs is 1. The van der Waals surface area contributed by atoms with Gasteiger partial charge in [0.2, 0.25) is 0 Å². The first-order valence-electron chi connectivity index (χ1n) is 5.65. The fourth-order valence-corrected chi connectivity index (χ4v) is 2.42. The SMILES string of the molecule is Cn1c(-c2ccc3c(c2)CCC3)cnc1N. The van der Waals surface area contributed by atoms with Crippen molar-refractivity contribution in [3.8, 4) is 11.3 Å². The molecule has 1 heterocycles. The second kappa shape index (κ2) is 3.37. The molecule has 1 aromatic heterocycles. The highest BCUT2D eigenvalue weighted by atomic mass is 15.1. The minimum absolute atomic E-state index is 0.565. The lowest BCUT2D eigenvalue weighted by Crippen LogP contribution is -1.98. The Labute approximate surface area is 94.9 Å². The molecule has 0 aliphatic heterocycles. The summed E-state index contributed by atoms with van der Waals surface area (Å²) in [5.41, 5.74) is 11.0. The molecule has 82 valence electrons. The molecule has 0 atom stereocenters.